The van der Waals surface area contributed by atoms with E-state index in [-0.39, 0.29) is 12.6 Å². The first-order chi connectivity index (χ1) is 11.1. The Balaban J connectivity index is 2.13. The molecule has 0 fully saturated rings. The number of rotatable bonds is 5. The maximum Gasteiger partial charge on any atom is 0.317 e. The molecule has 3 nitrogen and oxygen atoms in total. The lowest BCUT2D eigenvalue weighted by Crippen LogP contribution is -2.35. The van der Waals surface area contributed by atoms with Crippen molar-refractivity contribution < 1.29 is 9.90 Å². The van der Waals surface area contributed by atoms with Crippen LogP contribution in [-0.2, 0) is 11.3 Å². The predicted octanol–water partition coefficient (Wildman–Crippen LogP) is 4.29. The zero-order valence-corrected chi connectivity index (χ0v) is 13.5. The summed E-state index contributed by atoms with van der Waals surface area (Å²) in [4.78, 5) is 13.1. The van der Waals surface area contributed by atoms with Gasteiger partial charge in [-0.15, -0.1) is 0 Å². The third-order valence-corrected chi connectivity index (χ3v) is 4.30. The Labute approximate surface area is 136 Å². The zero-order chi connectivity index (χ0) is 16.4. The summed E-state index contributed by atoms with van der Waals surface area (Å²) in [6.45, 7) is 4.76. The van der Waals surface area contributed by atoms with E-state index in [2.05, 4.69) is 42.5 Å². The summed E-state index contributed by atoms with van der Waals surface area (Å²) in [6.07, 6.45) is 0. The number of hydrogen-bond acceptors (Lipinski definition) is 2. The van der Waals surface area contributed by atoms with Crippen molar-refractivity contribution in [2.75, 3.05) is 6.54 Å². The van der Waals surface area contributed by atoms with Crippen LogP contribution in [0.4, 0.5) is 0 Å². The highest BCUT2D eigenvalue weighted by atomic mass is 16.4. The fourth-order valence-corrected chi connectivity index (χ4v) is 3.08. The van der Waals surface area contributed by atoms with Gasteiger partial charge in [-0.3, -0.25) is 9.69 Å². The van der Waals surface area contributed by atoms with Gasteiger partial charge in [-0.1, -0.05) is 48.5 Å². The Morgan fingerprint density at radius 2 is 1.61 bits per heavy atom. The van der Waals surface area contributed by atoms with E-state index in [0.717, 1.165) is 0 Å². The lowest BCUT2D eigenvalue weighted by Gasteiger charge is -2.25. The van der Waals surface area contributed by atoms with Gasteiger partial charge in [0.15, 0.2) is 0 Å². The number of carboxylic acid groups (broad SMARTS) is 1. The molecule has 0 saturated carbocycles. The Bertz CT molecular complexity index is 855. The number of hydrogen-bond donors (Lipinski definition) is 1. The first-order valence-electron chi connectivity index (χ1n) is 7.91. The molecule has 0 aliphatic heterocycles. The molecule has 0 spiro atoms. The van der Waals surface area contributed by atoms with Gasteiger partial charge >= 0.3 is 5.97 Å². The van der Waals surface area contributed by atoms with Crippen LogP contribution in [0.15, 0.2) is 54.6 Å². The minimum atomic E-state index is -0.788. The SMILES string of the molecule is CC(C)N(CC(=O)O)Cc1cc2ccccc2c2ccccc12. The minimum absolute atomic E-state index is 0.0544. The van der Waals surface area contributed by atoms with Gasteiger partial charge in [-0.05, 0) is 47.0 Å². The molecule has 0 unspecified atom stereocenters. The lowest BCUT2D eigenvalue weighted by atomic mass is 9.97. The molecular formula is C20H21NO2. The fraction of sp³-hybridized carbons (Fsp3) is 0.250. The molecule has 0 aliphatic carbocycles. The predicted molar refractivity (Wildman–Crippen MR) is 94.6 cm³/mol. The van der Waals surface area contributed by atoms with E-state index < -0.39 is 5.97 Å². The number of nitrogens with zero attached hydrogens (tertiary/aromatic N) is 1. The third-order valence-electron chi connectivity index (χ3n) is 4.30. The molecule has 0 aromatic heterocycles. The van der Waals surface area contributed by atoms with Gasteiger partial charge in [-0.25, -0.2) is 0 Å². The average molecular weight is 307 g/mol. The third kappa shape index (κ3) is 3.20. The van der Waals surface area contributed by atoms with E-state index in [1.165, 1.54) is 27.1 Å². The Hall–Kier alpha value is -2.39. The Morgan fingerprint density at radius 1 is 1.00 bits per heavy atom. The van der Waals surface area contributed by atoms with Crippen LogP contribution in [0.25, 0.3) is 21.5 Å². The maximum atomic E-state index is 11.1. The minimum Gasteiger partial charge on any atom is -0.480 e. The fourth-order valence-electron chi connectivity index (χ4n) is 3.08. The number of aliphatic carboxylic acids is 1. The lowest BCUT2D eigenvalue weighted by molar-refractivity contribution is -0.138. The maximum absolute atomic E-state index is 11.1. The van der Waals surface area contributed by atoms with Crippen LogP contribution in [0.2, 0.25) is 0 Å². The van der Waals surface area contributed by atoms with Crippen molar-refractivity contribution >= 4 is 27.5 Å². The average Bonchev–Trinajstić information content (AvgIpc) is 2.54. The summed E-state index contributed by atoms with van der Waals surface area (Å²) in [6, 6.07) is 19.1. The van der Waals surface area contributed by atoms with Crippen molar-refractivity contribution in [3.63, 3.8) is 0 Å². The van der Waals surface area contributed by atoms with Crippen LogP contribution in [0, 0.1) is 0 Å². The molecule has 0 radical (unpaired) electrons. The van der Waals surface area contributed by atoms with Crippen LogP contribution in [-0.4, -0.2) is 28.6 Å². The summed E-state index contributed by atoms with van der Waals surface area (Å²) < 4.78 is 0. The van der Waals surface area contributed by atoms with Gasteiger partial charge in [0.2, 0.25) is 0 Å². The van der Waals surface area contributed by atoms with Crippen molar-refractivity contribution in [2.24, 2.45) is 0 Å². The van der Waals surface area contributed by atoms with Gasteiger partial charge < -0.3 is 5.11 Å². The molecule has 1 N–H and O–H groups in total. The van der Waals surface area contributed by atoms with Crippen molar-refractivity contribution in [1.82, 2.24) is 4.90 Å². The number of fused-ring (bicyclic) bond motifs is 3. The zero-order valence-electron chi connectivity index (χ0n) is 13.5. The van der Waals surface area contributed by atoms with E-state index >= 15 is 0 Å². The van der Waals surface area contributed by atoms with Crippen LogP contribution in [0.1, 0.15) is 19.4 Å². The molecule has 0 aliphatic rings. The molecule has 118 valence electrons. The molecule has 0 saturated heterocycles. The van der Waals surface area contributed by atoms with E-state index in [1.54, 1.807) is 0 Å². The quantitative estimate of drug-likeness (QED) is 0.715. The molecule has 3 aromatic rings. The smallest absolute Gasteiger partial charge is 0.317 e. The highest BCUT2D eigenvalue weighted by Crippen LogP contribution is 2.29. The summed E-state index contributed by atoms with van der Waals surface area (Å²) in [5.74, 6) is -0.788. The summed E-state index contributed by atoms with van der Waals surface area (Å²) in [5.41, 5.74) is 1.18. The molecule has 3 rings (SSSR count). The van der Waals surface area contributed by atoms with Gasteiger partial charge in [0.25, 0.3) is 0 Å². The van der Waals surface area contributed by atoms with Crippen LogP contribution in [0.5, 0.6) is 0 Å². The second kappa shape index (κ2) is 6.39. The molecule has 0 bridgehead atoms. The van der Waals surface area contributed by atoms with Gasteiger partial charge in [-0.2, -0.15) is 0 Å². The van der Waals surface area contributed by atoms with E-state index in [0.29, 0.717) is 6.54 Å². The Kier molecular flexibility index (Phi) is 4.30. The molecule has 0 atom stereocenters. The summed E-state index contributed by atoms with van der Waals surface area (Å²) in [7, 11) is 0. The molecule has 0 amide bonds. The number of carboxylic acids is 1. The van der Waals surface area contributed by atoms with Crippen LogP contribution < -0.4 is 0 Å². The van der Waals surface area contributed by atoms with Crippen molar-refractivity contribution in [1.29, 1.82) is 0 Å². The monoisotopic (exact) mass is 307 g/mol. The summed E-state index contributed by atoms with van der Waals surface area (Å²) in [5, 5.41) is 14.0. The topological polar surface area (TPSA) is 40.5 Å². The van der Waals surface area contributed by atoms with Gasteiger partial charge in [0.05, 0.1) is 6.54 Å². The highest BCUT2D eigenvalue weighted by Gasteiger charge is 2.16. The largest absolute Gasteiger partial charge is 0.480 e. The van der Waals surface area contributed by atoms with Crippen LogP contribution >= 0.6 is 0 Å². The normalized spacial score (nSPS) is 11.7. The molecule has 3 heteroatoms. The second-order valence-electron chi connectivity index (χ2n) is 6.19. The van der Waals surface area contributed by atoms with Crippen LogP contribution in [0.3, 0.4) is 0 Å². The van der Waals surface area contributed by atoms with E-state index in [1.807, 2.05) is 30.9 Å². The van der Waals surface area contributed by atoms with Gasteiger partial charge in [0.1, 0.15) is 0 Å². The number of carbonyl (C=O) groups is 1. The van der Waals surface area contributed by atoms with Crippen molar-refractivity contribution in [3.05, 3.63) is 60.2 Å². The standard InChI is InChI=1S/C20H21NO2/c1-14(2)21(13-20(22)23)12-16-11-15-7-3-4-8-17(15)19-10-6-5-9-18(16)19/h3-11,14H,12-13H2,1-2H3,(H,22,23). The molecule has 23 heavy (non-hydrogen) atoms. The van der Waals surface area contributed by atoms with E-state index in [4.69, 9.17) is 5.11 Å². The summed E-state index contributed by atoms with van der Waals surface area (Å²) >= 11 is 0. The molecular weight excluding hydrogens is 286 g/mol. The van der Waals surface area contributed by atoms with Crippen molar-refractivity contribution in [3.8, 4) is 0 Å². The second-order valence-corrected chi connectivity index (χ2v) is 6.19. The number of benzene rings is 3. The first kappa shape index (κ1) is 15.5. The molecule has 0 heterocycles. The van der Waals surface area contributed by atoms with E-state index in [9.17, 15) is 4.79 Å². The van der Waals surface area contributed by atoms with Crippen molar-refractivity contribution in [2.45, 2.75) is 26.4 Å². The Morgan fingerprint density at radius 3 is 2.26 bits per heavy atom. The first-order valence-corrected chi connectivity index (χ1v) is 7.91. The highest BCUT2D eigenvalue weighted by molar-refractivity contribution is 6.08. The molecule has 3 aromatic carbocycles. The van der Waals surface area contributed by atoms with Gasteiger partial charge in [0, 0.05) is 12.6 Å².